The van der Waals surface area contributed by atoms with Crippen molar-refractivity contribution in [3.8, 4) is 5.75 Å². The van der Waals surface area contributed by atoms with Crippen molar-refractivity contribution in [3.63, 3.8) is 0 Å². The Balaban J connectivity index is 2.04. The van der Waals surface area contributed by atoms with E-state index in [9.17, 15) is 4.39 Å². The van der Waals surface area contributed by atoms with Gasteiger partial charge < -0.3 is 10.1 Å². The topological polar surface area (TPSA) is 34.1 Å². The molecular weight excluding hydrogens is 243 g/mol. The summed E-state index contributed by atoms with van der Waals surface area (Å²) in [5.74, 6) is -0.0772. The third-order valence-electron chi connectivity index (χ3n) is 2.81. The third-order valence-corrected chi connectivity index (χ3v) is 2.81. The lowest BCUT2D eigenvalue weighted by atomic mass is 10.2. The van der Waals surface area contributed by atoms with Gasteiger partial charge in [-0.15, -0.1) is 0 Å². The largest absolute Gasteiger partial charge is 0.491 e. The van der Waals surface area contributed by atoms with Crippen LogP contribution in [0, 0.1) is 12.7 Å². The first kappa shape index (κ1) is 13.3. The summed E-state index contributed by atoms with van der Waals surface area (Å²) in [5, 5.41) is 3.15. The summed E-state index contributed by atoms with van der Waals surface area (Å²) in [7, 11) is 0. The van der Waals surface area contributed by atoms with E-state index >= 15 is 0 Å². The molecule has 1 heterocycles. The van der Waals surface area contributed by atoms with Gasteiger partial charge in [0.2, 0.25) is 0 Å². The molecule has 0 unspecified atom stereocenters. The zero-order valence-corrected chi connectivity index (χ0v) is 11.1. The van der Waals surface area contributed by atoms with Gasteiger partial charge in [-0.3, -0.25) is 4.98 Å². The highest BCUT2D eigenvalue weighted by Gasteiger charge is 2.04. The van der Waals surface area contributed by atoms with E-state index in [4.69, 9.17) is 4.74 Å². The second kappa shape index (κ2) is 6.18. The van der Waals surface area contributed by atoms with Crippen LogP contribution in [0.3, 0.4) is 0 Å². The highest BCUT2D eigenvalue weighted by molar-refractivity contribution is 5.47. The van der Waals surface area contributed by atoms with Crippen LogP contribution in [-0.4, -0.2) is 11.6 Å². The second-order valence-electron chi connectivity index (χ2n) is 4.20. The predicted octanol–water partition coefficient (Wildman–Crippen LogP) is 3.54. The number of hydrogen-bond donors (Lipinski definition) is 1. The molecule has 0 spiro atoms. The molecule has 4 heteroatoms. The standard InChI is InChI=1S/C15H17FN2O/c1-3-19-15-7-6-12(9-13(15)16)18-10-14-11(2)5-4-8-17-14/h4-9,18H,3,10H2,1-2H3. The number of hydrogen-bond acceptors (Lipinski definition) is 3. The Morgan fingerprint density at radius 3 is 2.84 bits per heavy atom. The van der Waals surface area contributed by atoms with Crippen molar-refractivity contribution >= 4 is 5.69 Å². The number of ether oxygens (including phenoxy) is 1. The molecule has 0 amide bonds. The first-order valence-corrected chi connectivity index (χ1v) is 6.27. The van der Waals surface area contributed by atoms with Crippen molar-refractivity contribution in [2.45, 2.75) is 20.4 Å². The number of halogens is 1. The van der Waals surface area contributed by atoms with Crippen LogP contribution >= 0.6 is 0 Å². The third kappa shape index (κ3) is 3.44. The Hall–Kier alpha value is -2.10. The van der Waals surface area contributed by atoms with Crippen LogP contribution in [0.15, 0.2) is 36.5 Å². The SMILES string of the molecule is CCOc1ccc(NCc2ncccc2C)cc1F. The molecule has 2 aromatic rings. The van der Waals surface area contributed by atoms with Gasteiger partial charge in [0.25, 0.3) is 0 Å². The fraction of sp³-hybridized carbons (Fsp3) is 0.267. The molecule has 2 rings (SSSR count). The predicted molar refractivity (Wildman–Crippen MR) is 73.9 cm³/mol. The van der Waals surface area contributed by atoms with Crippen LogP contribution < -0.4 is 10.1 Å². The molecule has 0 radical (unpaired) electrons. The van der Waals surface area contributed by atoms with Crippen molar-refractivity contribution in [1.82, 2.24) is 4.98 Å². The van der Waals surface area contributed by atoms with Gasteiger partial charge in [0.15, 0.2) is 11.6 Å². The molecular formula is C15H17FN2O. The molecule has 0 aliphatic carbocycles. The number of rotatable bonds is 5. The highest BCUT2D eigenvalue weighted by atomic mass is 19.1. The minimum atomic E-state index is -0.357. The van der Waals surface area contributed by atoms with E-state index in [1.54, 1.807) is 18.3 Å². The molecule has 0 saturated heterocycles. The highest BCUT2D eigenvalue weighted by Crippen LogP contribution is 2.21. The van der Waals surface area contributed by atoms with E-state index in [0.717, 1.165) is 11.3 Å². The van der Waals surface area contributed by atoms with E-state index in [1.165, 1.54) is 6.07 Å². The molecule has 19 heavy (non-hydrogen) atoms. The number of nitrogens with one attached hydrogen (secondary N) is 1. The van der Waals surface area contributed by atoms with Crippen LogP contribution in [0.25, 0.3) is 0 Å². The summed E-state index contributed by atoms with van der Waals surface area (Å²) < 4.78 is 18.8. The van der Waals surface area contributed by atoms with E-state index in [1.807, 2.05) is 26.0 Å². The van der Waals surface area contributed by atoms with Gasteiger partial charge in [-0.05, 0) is 37.6 Å². The van der Waals surface area contributed by atoms with Crippen molar-refractivity contribution in [3.05, 3.63) is 53.6 Å². The quantitative estimate of drug-likeness (QED) is 0.892. The number of benzene rings is 1. The van der Waals surface area contributed by atoms with Gasteiger partial charge in [-0.25, -0.2) is 4.39 Å². The Kier molecular flexibility index (Phi) is 4.34. The van der Waals surface area contributed by atoms with Gasteiger partial charge in [-0.2, -0.15) is 0 Å². The molecule has 0 saturated carbocycles. The molecule has 0 fully saturated rings. The van der Waals surface area contributed by atoms with Gasteiger partial charge in [-0.1, -0.05) is 6.07 Å². The first-order valence-electron chi connectivity index (χ1n) is 6.27. The lowest BCUT2D eigenvalue weighted by Gasteiger charge is -2.10. The summed E-state index contributed by atoms with van der Waals surface area (Å²) in [6.07, 6.45) is 1.75. The van der Waals surface area contributed by atoms with Gasteiger partial charge in [0.05, 0.1) is 18.8 Å². The summed E-state index contributed by atoms with van der Waals surface area (Å²) >= 11 is 0. The Morgan fingerprint density at radius 1 is 1.32 bits per heavy atom. The number of anilines is 1. The summed E-state index contributed by atoms with van der Waals surface area (Å²) in [6.45, 7) is 4.86. The van der Waals surface area contributed by atoms with Crippen molar-refractivity contribution < 1.29 is 9.13 Å². The molecule has 1 aromatic carbocycles. The van der Waals surface area contributed by atoms with E-state index in [-0.39, 0.29) is 11.6 Å². The number of pyridine rings is 1. The molecule has 0 aliphatic heterocycles. The smallest absolute Gasteiger partial charge is 0.167 e. The zero-order chi connectivity index (χ0) is 13.7. The lowest BCUT2D eigenvalue weighted by molar-refractivity contribution is 0.321. The molecule has 100 valence electrons. The van der Waals surface area contributed by atoms with E-state index in [0.29, 0.717) is 18.8 Å². The maximum absolute atomic E-state index is 13.7. The average Bonchev–Trinajstić information content (AvgIpc) is 2.41. The monoisotopic (exact) mass is 260 g/mol. The number of aryl methyl sites for hydroxylation is 1. The molecule has 1 aromatic heterocycles. The van der Waals surface area contributed by atoms with E-state index < -0.39 is 0 Å². The van der Waals surface area contributed by atoms with Crippen LogP contribution in [0.2, 0.25) is 0 Å². The van der Waals surface area contributed by atoms with Crippen molar-refractivity contribution in [1.29, 1.82) is 0 Å². The molecule has 3 nitrogen and oxygen atoms in total. The lowest BCUT2D eigenvalue weighted by Crippen LogP contribution is -2.04. The summed E-state index contributed by atoms with van der Waals surface area (Å²) in [5.41, 5.74) is 2.78. The molecule has 0 atom stereocenters. The minimum Gasteiger partial charge on any atom is -0.491 e. The van der Waals surface area contributed by atoms with Crippen LogP contribution in [0.4, 0.5) is 10.1 Å². The van der Waals surface area contributed by atoms with Crippen LogP contribution in [-0.2, 0) is 6.54 Å². The Bertz CT molecular complexity index is 558. The van der Waals surface area contributed by atoms with Gasteiger partial charge in [0.1, 0.15) is 0 Å². The van der Waals surface area contributed by atoms with Crippen LogP contribution in [0.1, 0.15) is 18.2 Å². The normalized spacial score (nSPS) is 10.3. The van der Waals surface area contributed by atoms with E-state index in [2.05, 4.69) is 10.3 Å². The Labute approximate surface area is 112 Å². The molecule has 0 bridgehead atoms. The van der Waals surface area contributed by atoms with Crippen LogP contribution in [0.5, 0.6) is 5.75 Å². The fourth-order valence-electron chi connectivity index (χ4n) is 1.77. The van der Waals surface area contributed by atoms with Crippen molar-refractivity contribution in [2.75, 3.05) is 11.9 Å². The zero-order valence-electron chi connectivity index (χ0n) is 11.1. The summed E-state index contributed by atoms with van der Waals surface area (Å²) in [4.78, 5) is 4.28. The number of aromatic nitrogens is 1. The van der Waals surface area contributed by atoms with Gasteiger partial charge >= 0.3 is 0 Å². The molecule has 0 aliphatic rings. The maximum Gasteiger partial charge on any atom is 0.167 e. The maximum atomic E-state index is 13.7. The van der Waals surface area contributed by atoms with Gasteiger partial charge in [0, 0.05) is 18.0 Å². The molecule has 1 N–H and O–H groups in total. The summed E-state index contributed by atoms with van der Waals surface area (Å²) in [6, 6.07) is 8.76. The first-order chi connectivity index (χ1) is 9.20. The van der Waals surface area contributed by atoms with Crippen molar-refractivity contribution in [2.24, 2.45) is 0 Å². The number of nitrogens with zero attached hydrogens (tertiary/aromatic N) is 1. The second-order valence-corrected chi connectivity index (χ2v) is 4.20. The Morgan fingerprint density at radius 2 is 2.16 bits per heavy atom. The average molecular weight is 260 g/mol. The fourth-order valence-corrected chi connectivity index (χ4v) is 1.77. The minimum absolute atomic E-state index is 0.280.